The number of nitrogens with one attached hydrogen (secondary N) is 1. The molecule has 4 rings (SSSR count). The van der Waals surface area contributed by atoms with Crippen LogP contribution in [-0.4, -0.2) is 26.3 Å². The highest BCUT2D eigenvalue weighted by molar-refractivity contribution is 8.26. The van der Waals surface area contributed by atoms with Gasteiger partial charge in [-0.05, 0) is 52.9 Å². The Morgan fingerprint density at radius 1 is 1.16 bits per heavy atom. The summed E-state index contributed by atoms with van der Waals surface area (Å²) in [6.07, 6.45) is 1.70. The Morgan fingerprint density at radius 2 is 1.97 bits per heavy atom. The SMILES string of the molecule is O=C(O)c1ccc(CNN2C(=O)/C(=C/c3cc(-c4ccc(F)c(F)c4)cs3)SC2=S)s1. The zero-order valence-corrected chi connectivity index (χ0v) is 18.7. The van der Waals surface area contributed by atoms with Gasteiger partial charge in [-0.3, -0.25) is 4.79 Å². The van der Waals surface area contributed by atoms with Gasteiger partial charge in [0.1, 0.15) is 4.88 Å². The maximum atomic E-state index is 13.5. The average Bonchev–Trinajstić information content (AvgIpc) is 3.44. The van der Waals surface area contributed by atoms with Gasteiger partial charge in [0, 0.05) is 9.75 Å². The Balaban J connectivity index is 1.46. The van der Waals surface area contributed by atoms with E-state index < -0.39 is 17.6 Å². The molecule has 0 spiro atoms. The van der Waals surface area contributed by atoms with Crippen LogP contribution < -0.4 is 5.43 Å². The zero-order valence-electron chi connectivity index (χ0n) is 15.4. The van der Waals surface area contributed by atoms with Gasteiger partial charge in [-0.15, -0.1) is 22.7 Å². The molecule has 2 N–H and O–H groups in total. The molecule has 1 aliphatic heterocycles. The minimum Gasteiger partial charge on any atom is -0.477 e. The van der Waals surface area contributed by atoms with E-state index in [1.165, 1.54) is 28.5 Å². The lowest BCUT2D eigenvalue weighted by Gasteiger charge is -2.14. The lowest BCUT2D eigenvalue weighted by atomic mass is 10.1. The van der Waals surface area contributed by atoms with E-state index in [4.69, 9.17) is 17.3 Å². The number of hydrazine groups is 1. The minimum atomic E-state index is -0.997. The van der Waals surface area contributed by atoms with Gasteiger partial charge in [0.05, 0.1) is 11.4 Å². The summed E-state index contributed by atoms with van der Waals surface area (Å²) in [6.45, 7) is 0.261. The molecule has 1 aromatic carbocycles. The van der Waals surface area contributed by atoms with Gasteiger partial charge in [0.2, 0.25) is 0 Å². The molecule has 3 heterocycles. The molecule has 0 saturated carbocycles. The van der Waals surface area contributed by atoms with Crippen LogP contribution in [0.25, 0.3) is 17.2 Å². The Kier molecular flexibility index (Phi) is 6.30. The van der Waals surface area contributed by atoms with Gasteiger partial charge in [-0.25, -0.2) is 24.0 Å². The zero-order chi connectivity index (χ0) is 22.1. The molecular formula is C20H12F2N2O3S4. The molecule has 1 saturated heterocycles. The van der Waals surface area contributed by atoms with Crippen molar-refractivity contribution in [1.29, 1.82) is 0 Å². The van der Waals surface area contributed by atoms with Crippen molar-refractivity contribution in [1.82, 2.24) is 10.4 Å². The third-order valence-corrected chi connectivity index (χ3v) is 7.48. The second kappa shape index (κ2) is 8.97. The molecule has 1 amide bonds. The number of thioether (sulfide) groups is 1. The molecule has 0 atom stereocenters. The summed E-state index contributed by atoms with van der Waals surface area (Å²) in [7, 11) is 0. The Labute approximate surface area is 193 Å². The second-order valence-electron chi connectivity index (χ2n) is 6.29. The van der Waals surface area contributed by atoms with Crippen LogP contribution in [0.2, 0.25) is 0 Å². The van der Waals surface area contributed by atoms with Crippen LogP contribution in [0.15, 0.2) is 46.7 Å². The largest absolute Gasteiger partial charge is 0.477 e. The molecule has 11 heteroatoms. The van der Waals surface area contributed by atoms with Gasteiger partial charge in [0.25, 0.3) is 5.91 Å². The molecule has 0 radical (unpaired) electrons. The van der Waals surface area contributed by atoms with Crippen molar-refractivity contribution < 1.29 is 23.5 Å². The van der Waals surface area contributed by atoms with Crippen molar-refractivity contribution in [2.75, 3.05) is 0 Å². The Bertz CT molecular complexity index is 1230. The van der Waals surface area contributed by atoms with Gasteiger partial charge >= 0.3 is 5.97 Å². The number of amides is 1. The molecule has 0 aliphatic carbocycles. The number of carbonyl (C=O) groups is 2. The molecule has 1 aliphatic rings. The topological polar surface area (TPSA) is 69.6 Å². The fraction of sp³-hybridized carbons (Fsp3) is 0.0500. The predicted molar refractivity (Wildman–Crippen MR) is 123 cm³/mol. The first-order chi connectivity index (χ1) is 14.8. The van der Waals surface area contributed by atoms with Gasteiger partial charge in [-0.2, -0.15) is 0 Å². The van der Waals surface area contributed by atoms with Crippen molar-refractivity contribution in [3.63, 3.8) is 0 Å². The van der Waals surface area contributed by atoms with Crippen LogP contribution in [-0.2, 0) is 11.3 Å². The first-order valence-electron chi connectivity index (χ1n) is 8.69. The second-order valence-corrected chi connectivity index (χ2v) is 10.1. The number of halogens is 2. The highest BCUT2D eigenvalue weighted by Crippen LogP contribution is 2.34. The Morgan fingerprint density at radius 3 is 2.68 bits per heavy atom. The highest BCUT2D eigenvalue weighted by Gasteiger charge is 2.32. The number of carboxylic acids is 1. The van der Waals surface area contributed by atoms with Crippen molar-refractivity contribution in [3.05, 3.63) is 72.9 Å². The van der Waals surface area contributed by atoms with Crippen LogP contribution in [0, 0.1) is 11.6 Å². The van der Waals surface area contributed by atoms with Crippen molar-refractivity contribution >= 4 is 68.9 Å². The minimum absolute atomic E-state index is 0.219. The normalized spacial score (nSPS) is 15.3. The predicted octanol–water partition coefficient (Wildman–Crippen LogP) is 5.36. The summed E-state index contributed by atoms with van der Waals surface area (Å²) in [5.74, 6) is -3.13. The number of aromatic carboxylic acids is 1. The van der Waals surface area contributed by atoms with Crippen LogP contribution in [0.4, 0.5) is 8.78 Å². The van der Waals surface area contributed by atoms with E-state index in [1.807, 2.05) is 0 Å². The van der Waals surface area contributed by atoms with Gasteiger partial charge < -0.3 is 5.11 Å². The number of nitrogens with zero attached hydrogens (tertiary/aromatic N) is 1. The number of thiocarbonyl (C=S) groups is 1. The molecule has 2 aromatic heterocycles. The van der Waals surface area contributed by atoms with Crippen molar-refractivity contribution in [2.45, 2.75) is 6.54 Å². The van der Waals surface area contributed by atoms with E-state index in [1.54, 1.807) is 23.6 Å². The van der Waals surface area contributed by atoms with E-state index in [2.05, 4.69) is 5.43 Å². The first kappa shape index (κ1) is 21.8. The van der Waals surface area contributed by atoms with E-state index in [9.17, 15) is 18.4 Å². The fourth-order valence-electron chi connectivity index (χ4n) is 2.73. The molecule has 5 nitrogen and oxygen atoms in total. The number of carboxylic acid groups (broad SMARTS) is 1. The first-order valence-corrected chi connectivity index (χ1v) is 11.6. The fourth-order valence-corrected chi connectivity index (χ4v) is 5.64. The van der Waals surface area contributed by atoms with Crippen LogP contribution in [0.1, 0.15) is 19.4 Å². The number of hydrogen-bond acceptors (Lipinski definition) is 7. The summed E-state index contributed by atoms with van der Waals surface area (Å²) in [4.78, 5) is 25.9. The highest BCUT2D eigenvalue weighted by atomic mass is 32.2. The molecule has 0 unspecified atom stereocenters. The maximum absolute atomic E-state index is 13.5. The van der Waals surface area contributed by atoms with Crippen LogP contribution >= 0.6 is 46.7 Å². The number of hydrogen-bond donors (Lipinski definition) is 2. The lowest BCUT2D eigenvalue weighted by Crippen LogP contribution is -2.40. The van der Waals surface area contributed by atoms with Crippen LogP contribution in [0.5, 0.6) is 0 Å². The molecular weight excluding hydrogens is 482 g/mol. The number of rotatable bonds is 6. The summed E-state index contributed by atoms with van der Waals surface area (Å²) in [5.41, 5.74) is 4.19. The molecule has 158 valence electrons. The molecule has 31 heavy (non-hydrogen) atoms. The van der Waals surface area contributed by atoms with E-state index in [0.29, 0.717) is 14.8 Å². The quantitative estimate of drug-likeness (QED) is 0.355. The van der Waals surface area contributed by atoms with E-state index in [-0.39, 0.29) is 17.3 Å². The van der Waals surface area contributed by atoms with Crippen molar-refractivity contribution in [3.8, 4) is 11.1 Å². The van der Waals surface area contributed by atoms with Gasteiger partial charge in [0.15, 0.2) is 16.0 Å². The third-order valence-electron chi connectivity index (χ3n) is 4.22. The summed E-state index contributed by atoms with van der Waals surface area (Å²) in [6, 6.07) is 8.68. The number of thiophene rings is 2. The molecule has 1 fully saturated rings. The Hall–Kier alpha value is -2.44. The standard InChI is InChI=1S/C20H12F2N2O3S4/c21-14-3-1-10(6-15(14)22)11-5-13(29-9-11)7-17-18(25)24(20(28)31-17)23-8-12-2-4-16(30-12)19(26)27/h1-7,9,23H,8H2,(H,26,27)/b17-7-. The van der Waals surface area contributed by atoms with Crippen LogP contribution in [0.3, 0.4) is 0 Å². The maximum Gasteiger partial charge on any atom is 0.345 e. The number of carbonyl (C=O) groups excluding carboxylic acids is 1. The smallest absolute Gasteiger partial charge is 0.345 e. The van der Waals surface area contributed by atoms with Crippen molar-refractivity contribution in [2.24, 2.45) is 0 Å². The van der Waals surface area contributed by atoms with Gasteiger partial charge in [-0.1, -0.05) is 30.0 Å². The molecule has 3 aromatic rings. The monoisotopic (exact) mass is 494 g/mol. The van der Waals surface area contributed by atoms with E-state index >= 15 is 0 Å². The summed E-state index contributed by atoms with van der Waals surface area (Å²) < 4.78 is 27.0. The summed E-state index contributed by atoms with van der Waals surface area (Å²) in [5, 5.41) is 12.1. The third kappa shape index (κ3) is 4.75. The lowest BCUT2D eigenvalue weighted by molar-refractivity contribution is -0.124. The average molecular weight is 495 g/mol. The van der Waals surface area contributed by atoms with E-state index in [0.717, 1.165) is 50.5 Å². The molecule has 0 bridgehead atoms. The summed E-state index contributed by atoms with van der Waals surface area (Å²) >= 11 is 8.91. The number of benzene rings is 1.